The molecule has 2 aliphatic rings. The zero-order valence-corrected chi connectivity index (χ0v) is 21.3. The first-order valence-corrected chi connectivity index (χ1v) is 13.6. The molecule has 0 aromatic heterocycles. The van der Waals surface area contributed by atoms with E-state index in [1.165, 1.54) is 13.8 Å². The fraction of sp³-hybridized carbons (Fsp3) is 0.400. The molecule has 2 aromatic rings. The van der Waals surface area contributed by atoms with E-state index in [9.17, 15) is 18.9 Å². The number of nitrogens with zero attached hydrogens (tertiary/aromatic N) is 1. The SMILES string of the molecule is CC(=O)Nc1cccc(OP(=O)(Oc2cccc(NC(C)=O)c2)[C@@H]2CCCN2C(=O)[C@@H]2CCCN2)c1. The van der Waals surface area contributed by atoms with Crippen molar-refractivity contribution in [2.24, 2.45) is 0 Å². The number of nitrogens with one attached hydrogen (secondary N) is 3. The van der Waals surface area contributed by atoms with Crippen LogP contribution in [0.3, 0.4) is 0 Å². The summed E-state index contributed by atoms with van der Waals surface area (Å²) in [7, 11) is -4.02. The highest BCUT2D eigenvalue weighted by molar-refractivity contribution is 7.55. The van der Waals surface area contributed by atoms with Crippen LogP contribution < -0.4 is 25.0 Å². The Labute approximate surface area is 210 Å². The Balaban J connectivity index is 1.66. The molecule has 2 aliphatic heterocycles. The summed E-state index contributed by atoms with van der Waals surface area (Å²) in [6.07, 6.45) is 2.75. The molecule has 0 bridgehead atoms. The molecule has 10 nitrogen and oxygen atoms in total. The van der Waals surface area contributed by atoms with Crippen LogP contribution in [0.5, 0.6) is 11.5 Å². The number of benzene rings is 2. The van der Waals surface area contributed by atoms with Crippen molar-refractivity contribution in [2.75, 3.05) is 23.7 Å². The highest BCUT2D eigenvalue weighted by Crippen LogP contribution is 2.57. The van der Waals surface area contributed by atoms with Gasteiger partial charge < -0.3 is 29.9 Å². The van der Waals surface area contributed by atoms with Gasteiger partial charge in [-0.2, -0.15) is 0 Å². The molecule has 2 saturated heterocycles. The summed E-state index contributed by atoms with van der Waals surface area (Å²) in [6.45, 7) is 4.01. The van der Waals surface area contributed by atoms with Crippen LogP contribution in [0.25, 0.3) is 0 Å². The summed E-state index contributed by atoms with van der Waals surface area (Å²) in [5, 5.41) is 8.57. The van der Waals surface area contributed by atoms with Gasteiger partial charge in [0.15, 0.2) is 5.78 Å². The van der Waals surface area contributed by atoms with E-state index in [-0.39, 0.29) is 35.3 Å². The van der Waals surface area contributed by atoms with Crippen molar-refractivity contribution in [3.05, 3.63) is 48.5 Å². The molecular weight excluding hydrogens is 483 g/mol. The number of rotatable bonds is 8. The molecule has 2 fully saturated rings. The average Bonchev–Trinajstić information content (AvgIpc) is 3.51. The van der Waals surface area contributed by atoms with E-state index < -0.39 is 13.4 Å². The van der Waals surface area contributed by atoms with Crippen LogP contribution in [0.15, 0.2) is 48.5 Å². The lowest BCUT2D eigenvalue weighted by atomic mass is 10.2. The van der Waals surface area contributed by atoms with E-state index in [0.717, 1.165) is 19.4 Å². The van der Waals surface area contributed by atoms with Crippen LogP contribution in [0.1, 0.15) is 39.5 Å². The maximum atomic E-state index is 14.5. The molecule has 3 amide bonds. The summed E-state index contributed by atoms with van der Waals surface area (Å²) >= 11 is 0. The molecule has 2 aromatic carbocycles. The normalized spacial score (nSPS) is 19.6. The van der Waals surface area contributed by atoms with Crippen molar-refractivity contribution in [3.8, 4) is 11.5 Å². The molecule has 0 unspecified atom stereocenters. The van der Waals surface area contributed by atoms with Gasteiger partial charge in [0, 0.05) is 43.9 Å². The second-order valence-corrected chi connectivity index (χ2v) is 11.0. The third kappa shape index (κ3) is 6.25. The van der Waals surface area contributed by atoms with E-state index in [0.29, 0.717) is 30.8 Å². The fourth-order valence-electron chi connectivity index (χ4n) is 4.53. The first-order valence-electron chi connectivity index (χ1n) is 12.0. The van der Waals surface area contributed by atoms with E-state index in [4.69, 9.17) is 9.05 Å². The Hall–Kier alpha value is -3.36. The molecule has 0 saturated carbocycles. The fourth-order valence-corrected chi connectivity index (χ4v) is 6.70. The second-order valence-electron chi connectivity index (χ2n) is 8.94. The lowest BCUT2D eigenvalue weighted by molar-refractivity contribution is -0.132. The van der Waals surface area contributed by atoms with Crippen LogP contribution in [0.4, 0.5) is 11.4 Å². The van der Waals surface area contributed by atoms with Gasteiger partial charge in [-0.15, -0.1) is 0 Å². The summed E-state index contributed by atoms with van der Waals surface area (Å²) in [6, 6.07) is 12.8. The molecule has 4 rings (SSSR count). The van der Waals surface area contributed by atoms with Gasteiger partial charge in [-0.05, 0) is 56.5 Å². The summed E-state index contributed by atoms with van der Waals surface area (Å²) in [5.74, 6) is -0.930. The Morgan fingerprint density at radius 1 is 0.917 bits per heavy atom. The van der Waals surface area contributed by atoms with E-state index >= 15 is 0 Å². The minimum Gasteiger partial charge on any atom is -0.415 e. The van der Waals surface area contributed by atoms with Gasteiger partial charge in [-0.3, -0.25) is 14.4 Å². The van der Waals surface area contributed by atoms with Gasteiger partial charge in [0.1, 0.15) is 11.5 Å². The minimum absolute atomic E-state index is 0.110. The maximum Gasteiger partial charge on any atom is 0.453 e. The van der Waals surface area contributed by atoms with Crippen molar-refractivity contribution >= 4 is 36.7 Å². The second kappa shape index (κ2) is 11.1. The van der Waals surface area contributed by atoms with Crippen LogP contribution in [-0.4, -0.2) is 47.5 Å². The molecule has 2 atom stereocenters. The lowest BCUT2D eigenvalue weighted by Crippen LogP contribution is -2.46. The molecule has 0 spiro atoms. The molecule has 2 heterocycles. The monoisotopic (exact) mass is 514 g/mol. The molecule has 0 aliphatic carbocycles. The molecule has 192 valence electrons. The number of carbonyl (C=O) groups is 3. The van der Waals surface area contributed by atoms with Gasteiger partial charge in [0.2, 0.25) is 17.7 Å². The van der Waals surface area contributed by atoms with Gasteiger partial charge in [-0.1, -0.05) is 12.1 Å². The van der Waals surface area contributed by atoms with E-state index in [1.807, 2.05) is 0 Å². The Morgan fingerprint density at radius 3 is 2.00 bits per heavy atom. The summed E-state index contributed by atoms with van der Waals surface area (Å²) in [5.41, 5.74) is 0.961. The largest absolute Gasteiger partial charge is 0.453 e. The zero-order valence-electron chi connectivity index (χ0n) is 20.4. The van der Waals surface area contributed by atoms with Crippen LogP contribution >= 0.6 is 7.60 Å². The number of amides is 3. The maximum absolute atomic E-state index is 14.5. The Bertz CT molecular complexity index is 1120. The van der Waals surface area contributed by atoms with Crippen LogP contribution in [-0.2, 0) is 18.9 Å². The number of carbonyl (C=O) groups excluding carboxylic acids is 3. The third-order valence-corrected chi connectivity index (χ3v) is 8.20. The topological polar surface area (TPSA) is 126 Å². The third-order valence-electron chi connectivity index (χ3n) is 6.00. The quantitative estimate of drug-likeness (QED) is 0.456. The molecule has 11 heteroatoms. The molecule has 3 N–H and O–H groups in total. The Kier molecular flexibility index (Phi) is 7.96. The van der Waals surface area contributed by atoms with E-state index in [1.54, 1.807) is 53.4 Å². The first kappa shape index (κ1) is 25.7. The zero-order chi connectivity index (χ0) is 25.7. The first-order chi connectivity index (χ1) is 17.2. The summed E-state index contributed by atoms with van der Waals surface area (Å²) < 4.78 is 26.6. The lowest BCUT2D eigenvalue weighted by Gasteiger charge is -2.32. The number of hydrogen-bond donors (Lipinski definition) is 3. The average molecular weight is 515 g/mol. The van der Waals surface area contributed by atoms with Crippen molar-refractivity contribution in [2.45, 2.75) is 51.4 Å². The molecule has 36 heavy (non-hydrogen) atoms. The number of hydrogen-bond acceptors (Lipinski definition) is 7. The highest BCUT2D eigenvalue weighted by Gasteiger charge is 2.49. The minimum atomic E-state index is -4.02. The predicted molar refractivity (Wildman–Crippen MR) is 136 cm³/mol. The predicted octanol–water partition coefficient (Wildman–Crippen LogP) is 3.95. The smallest absolute Gasteiger partial charge is 0.415 e. The molecule has 0 radical (unpaired) electrons. The van der Waals surface area contributed by atoms with Gasteiger partial charge in [0.05, 0.1) is 6.04 Å². The van der Waals surface area contributed by atoms with E-state index in [2.05, 4.69) is 16.0 Å². The van der Waals surface area contributed by atoms with Crippen molar-refractivity contribution < 1.29 is 28.0 Å². The van der Waals surface area contributed by atoms with Crippen molar-refractivity contribution in [3.63, 3.8) is 0 Å². The van der Waals surface area contributed by atoms with Gasteiger partial charge in [0.25, 0.3) is 0 Å². The standard InChI is InChI=1S/C25H31N4O6P/c1-17(30)27-19-7-3-9-21(15-19)34-36(33,35-22-10-4-8-20(16-22)28-18(2)31)24-12-6-14-29(24)25(32)23-11-5-13-26-23/h3-4,7-10,15-16,23-24,26H,5-6,11-14H2,1-2H3,(H,27,30)(H,28,31)/t23-,24+/m0/s1. The van der Waals surface area contributed by atoms with Crippen molar-refractivity contribution in [1.82, 2.24) is 10.2 Å². The van der Waals surface area contributed by atoms with Gasteiger partial charge >= 0.3 is 7.60 Å². The van der Waals surface area contributed by atoms with Crippen LogP contribution in [0, 0.1) is 0 Å². The van der Waals surface area contributed by atoms with Crippen molar-refractivity contribution in [1.29, 1.82) is 0 Å². The van der Waals surface area contributed by atoms with Gasteiger partial charge in [-0.25, -0.2) is 4.57 Å². The highest BCUT2D eigenvalue weighted by atomic mass is 31.2. The number of anilines is 2. The van der Waals surface area contributed by atoms with Crippen LogP contribution in [0.2, 0.25) is 0 Å². The number of likely N-dealkylation sites (tertiary alicyclic amines) is 1. The summed E-state index contributed by atoms with van der Waals surface area (Å²) in [4.78, 5) is 37.9. The Morgan fingerprint density at radius 2 is 1.50 bits per heavy atom. The molecular formula is C25H31N4O6P.